The van der Waals surface area contributed by atoms with Gasteiger partial charge < -0.3 is 19.8 Å². The minimum atomic E-state index is -0.798. The minimum absolute atomic E-state index is 0.00514. The molecule has 6 nitrogen and oxygen atoms in total. The summed E-state index contributed by atoms with van der Waals surface area (Å²) in [5, 5.41) is 20.2. The van der Waals surface area contributed by atoms with Crippen LogP contribution in [-0.4, -0.2) is 47.1 Å². The van der Waals surface area contributed by atoms with Gasteiger partial charge in [0.25, 0.3) is 11.7 Å². The summed E-state index contributed by atoms with van der Waals surface area (Å²) >= 11 is 0. The zero-order valence-corrected chi connectivity index (χ0v) is 15.2. The molecule has 1 fully saturated rings. The normalized spacial score (nSPS) is 18.8. The summed E-state index contributed by atoms with van der Waals surface area (Å²) in [6.45, 7) is 1.61. The number of carbonyl (C=O) groups is 2. The number of amides is 1. The Morgan fingerprint density at radius 3 is 2.48 bits per heavy atom. The molecule has 0 spiro atoms. The Morgan fingerprint density at radius 1 is 1.15 bits per heavy atom. The van der Waals surface area contributed by atoms with Crippen molar-refractivity contribution in [3.05, 3.63) is 70.8 Å². The number of rotatable bonds is 5. The van der Waals surface area contributed by atoms with E-state index in [1.165, 1.54) is 12.0 Å². The van der Waals surface area contributed by atoms with E-state index in [1.54, 1.807) is 36.4 Å². The predicted molar refractivity (Wildman–Crippen MR) is 100 cm³/mol. The Balaban J connectivity index is 2.18. The van der Waals surface area contributed by atoms with Crippen LogP contribution in [0, 0.1) is 6.92 Å². The number of aliphatic hydroxyl groups is 2. The van der Waals surface area contributed by atoms with E-state index in [1.807, 2.05) is 19.1 Å². The largest absolute Gasteiger partial charge is 0.507 e. The molecule has 6 heteroatoms. The molecule has 1 heterocycles. The topological polar surface area (TPSA) is 87.1 Å². The molecule has 0 radical (unpaired) electrons. The molecule has 1 aliphatic heterocycles. The smallest absolute Gasteiger partial charge is 0.295 e. The molecular formula is C21H21NO5. The number of hydrogen-bond acceptors (Lipinski definition) is 5. The minimum Gasteiger partial charge on any atom is -0.507 e. The van der Waals surface area contributed by atoms with Gasteiger partial charge in [0.1, 0.15) is 11.5 Å². The number of Topliss-reactive ketones (excluding diaryl/α,β-unsaturated/α-hetero) is 1. The fourth-order valence-electron chi connectivity index (χ4n) is 3.24. The molecule has 1 saturated heterocycles. The number of ketones is 1. The van der Waals surface area contributed by atoms with E-state index in [0.29, 0.717) is 16.9 Å². The van der Waals surface area contributed by atoms with Gasteiger partial charge in [-0.2, -0.15) is 0 Å². The van der Waals surface area contributed by atoms with E-state index in [0.717, 1.165) is 5.56 Å². The van der Waals surface area contributed by atoms with Crippen LogP contribution in [0.25, 0.3) is 5.76 Å². The fourth-order valence-corrected chi connectivity index (χ4v) is 3.24. The highest BCUT2D eigenvalue weighted by molar-refractivity contribution is 6.46. The second kappa shape index (κ2) is 7.63. The van der Waals surface area contributed by atoms with Gasteiger partial charge in [-0.05, 0) is 24.6 Å². The molecule has 2 aromatic rings. The van der Waals surface area contributed by atoms with Crippen molar-refractivity contribution in [2.24, 2.45) is 0 Å². The van der Waals surface area contributed by atoms with Gasteiger partial charge in [-0.25, -0.2) is 0 Å². The summed E-state index contributed by atoms with van der Waals surface area (Å²) in [5.41, 5.74) is 2.09. The number of aryl methyl sites for hydroxylation is 1. The van der Waals surface area contributed by atoms with Gasteiger partial charge >= 0.3 is 0 Å². The molecule has 0 aromatic heterocycles. The summed E-state index contributed by atoms with van der Waals surface area (Å²) in [5.74, 6) is -1.18. The summed E-state index contributed by atoms with van der Waals surface area (Å²) < 4.78 is 5.24. The Morgan fingerprint density at radius 2 is 1.85 bits per heavy atom. The lowest BCUT2D eigenvalue weighted by Crippen LogP contribution is -2.32. The monoisotopic (exact) mass is 367 g/mol. The molecular weight excluding hydrogens is 346 g/mol. The van der Waals surface area contributed by atoms with Crippen LogP contribution in [0.1, 0.15) is 22.7 Å². The molecule has 1 unspecified atom stereocenters. The second-order valence-electron chi connectivity index (χ2n) is 6.36. The molecule has 3 rings (SSSR count). The molecule has 1 aliphatic rings. The van der Waals surface area contributed by atoms with Crippen molar-refractivity contribution in [2.45, 2.75) is 13.0 Å². The number of benzene rings is 2. The average molecular weight is 367 g/mol. The third-order valence-corrected chi connectivity index (χ3v) is 4.62. The zero-order valence-electron chi connectivity index (χ0n) is 15.2. The van der Waals surface area contributed by atoms with Gasteiger partial charge in [-0.15, -0.1) is 0 Å². The molecule has 1 atom stereocenters. The van der Waals surface area contributed by atoms with Crippen molar-refractivity contribution >= 4 is 17.4 Å². The van der Waals surface area contributed by atoms with E-state index < -0.39 is 17.7 Å². The van der Waals surface area contributed by atoms with E-state index in [2.05, 4.69) is 0 Å². The number of β-amino-alcohol motifs (C(OH)–C–C–N with tert-alkyl or cyclic N) is 1. The SMILES string of the molecule is COc1cccc(C2/C(=C(/O)c3ccc(C)cc3)C(=O)C(=O)N2CCO)c1. The number of ether oxygens (including phenoxy) is 1. The Kier molecular flexibility index (Phi) is 5.28. The van der Waals surface area contributed by atoms with Crippen molar-refractivity contribution in [2.75, 3.05) is 20.3 Å². The van der Waals surface area contributed by atoms with Gasteiger partial charge in [0.2, 0.25) is 0 Å². The van der Waals surface area contributed by atoms with Crippen molar-refractivity contribution in [3.63, 3.8) is 0 Å². The van der Waals surface area contributed by atoms with Crippen LogP contribution < -0.4 is 4.74 Å². The molecule has 2 N–H and O–H groups in total. The highest BCUT2D eigenvalue weighted by Gasteiger charge is 2.45. The van der Waals surface area contributed by atoms with Crippen molar-refractivity contribution in [1.29, 1.82) is 0 Å². The summed E-state index contributed by atoms with van der Waals surface area (Å²) in [6.07, 6.45) is 0. The van der Waals surface area contributed by atoms with Gasteiger partial charge in [0, 0.05) is 12.1 Å². The first-order valence-electron chi connectivity index (χ1n) is 8.58. The highest BCUT2D eigenvalue weighted by Crippen LogP contribution is 2.39. The maximum atomic E-state index is 12.7. The van der Waals surface area contributed by atoms with Gasteiger partial charge in [0.15, 0.2) is 0 Å². The van der Waals surface area contributed by atoms with Crippen LogP contribution in [0.15, 0.2) is 54.1 Å². The van der Waals surface area contributed by atoms with Gasteiger partial charge in [-0.3, -0.25) is 9.59 Å². The van der Waals surface area contributed by atoms with Crippen molar-refractivity contribution in [3.8, 4) is 5.75 Å². The first-order chi connectivity index (χ1) is 13.0. The van der Waals surface area contributed by atoms with Crippen LogP contribution in [0.4, 0.5) is 0 Å². The third kappa shape index (κ3) is 3.44. The average Bonchev–Trinajstić information content (AvgIpc) is 2.93. The highest BCUT2D eigenvalue weighted by atomic mass is 16.5. The first kappa shape index (κ1) is 18.7. The molecule has 27 heavy (non-hydrogen) atoms. The van der Waals surface area contributed by atoms with E-state index >= 15 is 0 Å². The van der Waals surface area contributed by atoms with E-state index in [-0.39, 0.29) is 24.5 Å². The number of carbonyl (C=O) groups excluding carboxylic acids is 2. The maximum Gasteiger partial charge on any atom is 0.295 e. The van der Waals surface area contributed by atoms with Gasteiger partial charge in [-0.1, -0.05) is 42.0 Å². The lowest BCUT2D eigenvalue weighted by atomic mass is 9.95. The maximum absolute atomic E-state index is 12.7. The van der Waals surface area contributed by atoms with Crippen LogP contribution in [-0.2, 0) is 9.59 Å². The van der Waals surface area contributed by atoms with Crippen LogP contribution >= 0.6 is 0 Å². The van der Waals surface area contributed by atoms with Crippen LogP contribution in [0.3, 0.4) is 0 Å². The molecule has 0 bridgehead atoms. The van der Waals surface area contributed by atoms with Crippen LogP contribution in [0.2, 0.25) is 0 Å². The third-order valence-electron chi connectivity index (χ3n) is 4.62. The number of likely N-dealkylation sites (tertiary alicyclic amines) is 1. The quantitative estimate of drug-likeness (QED) is 0.481. The molecule has 0 aliphatic carbocycles. The predicted octanol–water partition coefficient (Wildman–Crippen LogP) is 2.42. The van der Waals surface area contributed by atoms with E-state index in [4.69, 9.17) is 4.74 Å². The summed E-state index contributed by atoms with van der Waals surface area (Å²) in [4.78, 5) is 26.5. The van der Waals surface area contributed by atoms with Crippen LogP contribution in [0.5, 0.6) is 5.75 Å². The van der Waals surface area contributed by atoms with E-state index in [9.17, 15) is 19.8 Å². The molecule has 0 saturated carbocycles. The summed E-state index contributed by atoms with van der Waals surface area (Å²) in [7, 11) is 1.52. The summed E-state index contributed by atoms with van der Waals surface area (Å²) in [6, 6.07) is 13.2. The fraction of sp³-hybridized carbons (Fsp3) is 0.238. The van der Waals surface area contributed by atoms with Crippen molar-refractivity contribution in [1.82, 2.24) is 4.90 Å². The first-order valence-corrected chi connectivity index (χ1v) is 8.58. The van der Waals surface area contributed by atoms with Gasteiger partial charge in [0.05, 0.1) is 25.3 Å². The molecule has 1 amide bonds. The molecule has 140 valence electrons. The zero-order chi connectivity index (χ0) is 19.6. The standard InChI is InChI=1S/C21H21NO5/c1-13-6-8-14(9-7-13)19(24)17-18(15-4-3-5-16(12-15)27-2)22(10-11-23)21(26)20(17)25/h3-9,12,18,23-24H,10-11H2,1-2H3/b19-17-. The lowest BCUT2D eigenvalue weighted by Gasteiger charge is -2.24. The number of nitrogens with zero attached hydrogens (tertiary/aromatic N) is 1. The lowest BCUT2D eigenvalue weighted by molar-refractivity contribution is -0.140. The Hall–Kier alpha value is -3.12. The Bertz CT molecular complexity index is 901. The number of hydrogen-bond donors (Lipinski definition) is 2. The number of aliphatic hydroxyl groups excluding tert-OH is 2. The van der Waals surface area contributed by atoms with Crippen molar-refractivity contribution < 1.29 is 24.5 Å². The Labute approximate surface area is 157 Å². The second-order valence-corrected chi connectivity index (χ2v) is 6.36. The number of methoxy groups -OCH3 is 1. The molecule has 2 aromatic carbocycles.